The lowest BCUT2D eigenvalue weighted by Crippen LogP contribution is -2.37. The molecule has 6 heteroatoms. The highest BCUT2D eigenvalue weighted by atomic mass is 16.5. The van der Waals surface area contributed by atoms with Gasteiger partial charge in [0.1, 0.15) is 0 Å². The zero-order valence-electron chi connectivity index (χ0n) is 12.6. The highest BCUT2D eigenvalue weighted by Crippen LogP contribution is 2.34. The van der Waals surface area contributed by atoms with Crippen LogP contribution in [0.4, 0.5) is 0 Å². The van der Waals surface area contributed by atoms with Crippen LogP contribution in [0.1, 0.15) is 32.1 Å². The molecule has 0 aromatic heterocycles. The standard InChI is InChI=1S/C16H22N2O4/c19-14(17-10-11-4-3-9-22-11)7-8-18-15(20)12-5-1-2-6-13(12)16(18)21/h1-2,11-13H,3-10H2,(H,17,19)/t11-,12-,13+/m1/s1. The Kier molecular flexibility index (Phi) is 4.57. The van der Waals surface area contributed by atoms with Gasteiger partial charge in [-0.3, -0.25) is 19.3 Å². The van der Waals surface area contributed by atoms with Crippen molar-refractivity contribution < 1.29 is 19.1 Å². The summed E-state index contributed by atoms with van der Waals surface area (Å²) in [5.41, 5.74) is 0. The van der Waals surface area contributed by atoms with E-state index in [1.165, 1.54) is 4.90 Å². The summed E-state index contributed by atoms with van der Waals surface area (Å²) in [6.07, 6.45) is 7.47. The SMILES string of the molecule is O=C(CCN1C(=O)[C@H]2CC=CC[C@H]2C1=O)NC[C@H]1CCCO1. The van der Waals surface area contributed by atoms with Crippen molar-refractivity contribution in [2.24, 2.45) is 11.8 Å². The van der Waals surface area contributed by atoms with Gasteiger partial charge < -0.3 is 10.1 Å². The first-order valence-electron chi connectivity index (χ1n) is 8.05. The number of allylic oxidation sites excluding steroid dienone is 2. The number of likely N-dealkylation sites (tertiary alicyclic amines) is 1. The molecule has 2 fully saturated rings. The van der Waals surface area contributed by atoms with Gasteiger partial charge in [0.05, 0.1) is 17.9 Å². The molecule has 1 N–H and O–H groups in total. The Hall–Kier alpha value is -1.69. The Labute approximate surface area is 129 Å². The minimum absolute atomic E-state index is 0.105. The predicted molar refractivity (Wildman–Crippen MR) is 78.7 cm³/mol. The molecule has 3 atom stereocenters. The summed E-state index contributed by atoms with van der Waals surface area (Å²) in [5.74, 6) is -0.804. The van der Waals surface area contributed by atoms with E-state index in [1.807, 2.05) is 12.2 Å². The molecule has 120 valence electrons. The molecule has 2 aliphatic heterocycles. The number of carbonyl (C=O) groups excluding carboxylic acids is 3. The molecular weight excluding hydrogens is 284 g/mol. The summed E-state index contributed by atoms with van der Waals surface area (Å²) in [7, 11) is 0. The molecule has 0 aromatic rings. The van der Waals surface area contributed by atoms with E-state index >= 15 is 0 Å². The minimum Gasteiger partial charge on any atom is -0.376 e. The number of ether oxygens (including phenoxy) is 1. The Morgan fingerprint density at radius 1 is 1.23 bits per heavy atom. The van der Waals surface area contributed by atoms with Crippen LogP contribution in [0, 0.1) is 11.8 Å². The van der Waals surface area contributed by atoms with E-state index in [0.717, 1.165) is 19.4 Å². The van der Waals surface area contributed by atoms with Crippen LogP contribution in [0.5, 0.6) is 0 Å². The minimum atomic E-state index is -0.215. The van der Waals surface area contributed by atoms with Gasteiger partial charge in [-0.2, -0.15) is 0 Å². The number of imide groups is 1. The van der Waals surface area contributed by atoms with Crippen LogP contribution in [0.2, 0.25) is 0 Å². The predicted octanol–water partition coefficient (Wildman–Crippen LogP) is 0.623. The van der Waals surface area contributed by atoms with Crippen molar-refractivity contribution in [3.63, 3.8) is 0 Å². The Bertz CT molecular complexity index is 470. The zero-order valence-corrected chi connectivity index (χ0v) is 12.6. The number of amides is 3. The van der Waals surface area contributed by atoms with Gasteiger partial charge in [0, 0.05) is 26.1 Å². The summed E-state index contributed by atoms with van der Waals surface area (Å²) in [5, 5.41) is 2.82. The van der Waals surface area contributed by atoms with E-state index in [2.05, 4.69) is 5.32 Å². The first-order valence-corrected chi connectivity index (χ1v) is 8.05. The number of rotatable bonds is 5. The highest BCUT2D eigenvalue weighted by Gasteiger charge is 2.46. The molecule has 3 rings (SSSR count). The summed E-state index contributed by atoms with van der Waals surface area (Å²) >= 11 is 0. The number of nitrogens with zero attached hydrogens (tertiary/aromatic N) is 1. The molecule has 22 heavy (non-hydrogen) atoms. The van der Waals surface area contributed by atoms with Gasteiger partial charge in [0.15, 0.2) is 0 Å². The first-order chi connectivity index (χ1) is 10.7. The second-order valence-electron chi connectivity index (χ2n) is 6.17. The zero-order chi connectivity index (χ0) is 15.5. The fourth-order valence-corrected chi connectivity index (χ4v) is 3.42. The van der Waals surface area contributed by atoms with E-state index in [1.54, 1.807) is 0 Å². The third-order valence-electron chi connectivity index (χ3n) is 4.71. The van der Waals surface area contributed by atoms with Gasteiger partial charge in [-0.1, -0.05) is 12.2 Å². The van der Waals surface area contributed by atoms with E-state index < -0.39 is 0 Å². The lowest BCUT2D eigenvalue weighted by Gasteiger charge is -2.15. The lowest BCUT2D eigenvalue weighted by atomic mass is 9.85. The van der Waals surface area contributed by atoms with Crippen molar-refractivity contribution in [1.82, 2.24) is 10.2 Å². The van der Waals surface area contributed by atoms with Gasteiger partial charge in [0.2, 0.25) is 17.7 Å². The monoisotopic (exact) mass is 306 g/mol. The molecule has 0 saturated carbocycles. The van der Waals surface area contributed by atoms with Crippen molar-refractivity contribution >= 4 is 17.7 Å². The second kappa shape index (κ2) is 6.60. The third kappa shape index (κ3) is 3.06. The maximum absolute atomic E-state index is 12.2. The summed E-state index contributed by atoms with van der Waals surface area (Å²) < 4.78 is 5.44. The molecule has 0 bridgehead atoms. The number of carbonyl (C=O) groups is 3. The molecule has 0 radical (unpaired) electrons. The van der Waals surface area contributed by atoms with Crippen molar-refractivity contribution in [1.29, 1.82) is 0 Å². The Morgan fingerprint density at radius 3 is 2.50 bits per heavy atom. The maximum Gasteiger partial charge on any atom is 0.233 e. The third-order valence-corrected chi connectivity index (χ3v) is 4.71. The molecule has 0 spiro atoms. The van der Waals surface area contributed by atoms with Crippen molar-refractivity contribution in [3.05, 3.63) is 12.2 Å². The van der Waals surface area contributed by atoms with Gasteiger partial charge >= 0.3 is 0 Å². The van der Waals surface area contributed by atoms with Gasteiger partial charge in [-0.15, -0.1) is 0 Å². The van der Waals surface area contributed by atoms with E-state index in [4.69, 9.17) is 4.74 Å². The molecule has 6 nitrogen and oxygen atoms in total. The molecule has 1 aliphatic carbocycles. The van der Waals surface area contributed by atoms with Gasteiger partial charge in [-0.25, -0.2) is 0 Å². The largest absolute Gasteiger partial charge is 0.376 e. The highest BCUT2D eigenvalue weighted by molar-refractivity contribution is 6.05. The molecule has 2 saturated heterocycles. The van der Waals surface area contributed by atoms with E-state index in [-0.39, 0.29) is 48.6 Å². The van der Waals surface area contributed by atoms with Gasteiger partial charge in [0.25, 0.3) is 0 Å². The molecule has 3 aliphatic rings. The van der Waals surface area contributed by atoms with E-state index in [0.29, 0.717) is 19.4 Å². The Balaban J connectivity index is 1.45. The molecule has 2 heterocycles. The van der Waals surface area contributed by atoms with Gasteiger partial charge in [-0.05, 0) is 25.7 Å². The fourth-order valence-electron chi connectivity index (χ4n) is 3.42. The van der Waals surface area contributed by atoms with Crippen LogP contribution in [0.3, 0.4) is 0 Å². The fraction of sp³-hybridized carbons (Fsp3) is 0.688. The summed E-state index contributed by atoms with van der Waals surface area (Å²) in [4.78, 5) is 37.6. The molecule has 0 unspecified atom stereocenters. The summed E-state index contributed by atoms with van der Waals surface area (Å²) in [6, 6.07) is 0. The number of fused-ring (bicyclic) bond motifs is 1. The molecule has 0 aromatic carbocycles. The first kappa shape index (κ1) is 15.2. The van der Waals surface area contributed by atoms with Crippen molar-refractivity contribution in [3.8, 4) is 0 Å². The average molecular weight is 306 g/mol. The number of hydrogen-bond acceptors (Lipinski definition) is 4. The Morgan fingerprint density at radius 2 is 1.91 bits per heavy atom. The lowest BCUT2D eigenvalue weighted by molar-refractivity contribution is -0.140. The smallest absolute Gasteiger partial charge is 0.233 e. The quantitative estimate of drug-likeness (QED) is 0.597. The normalized spacial score (nSPS) is 30.7. The van der Waals surface area contributed by atoms with Crippen LogP contribution < -0.4 is 5.32 Å². The van der Waals surface area contributed by atoms with Crippen LogP contribution >= 0.6 is 0 Å². The maximum atomic E-state index is 12.2. The van der Waals surface area contributed by atoms with Crippen LogP contribution in [-0.2, 0) is 19.1 Å². The second-order valence-corrected chi connectivity index (χ2v) is 6.17. The topological polar surface area (TPSA) is 75.7 Å². The number of nitrogens with one attached hydrogen (secondary N) is 1. The average Bonchev–Trinajstić information content (AvgIpc) is 3.13. The summed E-state index contributed by atoms with van der Waals surface area (Å²) in [6.45, 7) is 1.45. The molecule has 3 amide bonds. The van der Waals surface area contributed by atoms with Crippen LogP contribution in [-0.4, -0.2) is 48.4 Å². The van der Waals surface area contributed by atoms with E-state index in [9.17, 15) is 14.4 Å². The molecular formula is C16H22N2O4. The van der Waals surface area contributed by atoms with Crippen molar-refractivity contribution in [2.45, 2.75) is 38.2 Å². The van der Waals surface area contributed by atoms with Crippen LogP contribution in [0.15, 0.2) is 12.2 Å². The number of hydrogen-bond donors (Lipinski definition) is 1. The van der Waals surface area contributed by atoms with Crippen molar-refractivity contribution in [2.75, 3.05) is 19.7 Å². The van der Waals surface area contributed by atoms with Crippen LogP contribution in [0.25, 0.3) is 0 Å².